The van der Waals surface area contributed by atoms with Crippen molar-refractivity contribution in [2.75, 3.05) is 0 Å². The minimum Gasteiger partial charge on any atom is -0.101 e. The summed E-state index contributed by atoms with van der Waals surface area (Å²) in [5, 5.41) is 0. The molecule has 0 spiro atoms. The zero-order chi connectivity index (χ0) is 13.8. The van der Waals surface area contributed by atoms with Crippen LogP contribution in [0.4, 0.5) is 0 Å². The first-order valence-corrected chi connectivity index (χ1v) is 8.59. The van der Waals surface area contributed by atoms with E-state index in [1.165, 1.54) is 51.4 Å². The van der Waals surface area contributed by atoms with Crippen LogP contribution in [-0.4, -0.2) is 4.32 Å². The summed E-state index contributed by atoms with van der Waals surface area (Å²) in [6.07, 6.45) is 21.5. The van der Waals surface area contributed by atoms with Crippen molar-refractivity contribution in [1.29, 1.82) is 0 Å². The largest absolute Gasteiger partial charge is 0.108 e. The fraction of sp³-hybridized carbons (Fsp3) is 0.667. The highest BCUT2D eigenvalue weighted by atomic mass is 79.9. The molecule has 0 fully saturated rings. The van der Waals surface area contributed by atoms with E-state index in [2.05, 4.69) is 59.0 Å². The van der Waals surface area contributed by atoms with Gasteiger partial charge in [0.25, 0.3) is 0 Å². The molecule has 1 atom stereocenters. The predicted octanol–water partition coefficient (Wildman–Crippen LogP) is 6.17. The first-order valence-electron chi connectivity index (χ1n) is 7.80. The average Bonchev–Trinajstić information content (AvgIpc) is 2.42. The molecule has 0 bridgehead atoms. The molecule has 0 aliphatic heterocycles. The van der Waals surface area contributed by atoms with Crippen molar-refractivity contribution in [2.24, 2.45) is 0 Å². The second-order valence-corrected chi connectivity index (χ2v) is 6.80. The zero-order valence-corrected chi connectivity index (χ0v) is 13.8. The predicted molar refractivity (Wildman–Crippen MR) is 89.6 cm³/mol. The van der Waals surface area contributed by atoms with Gasteiger partial charge < -0.3 is 0 Å². The Morgan fingerprint density at radius 1 is 1.00 bits per heavy atom. The SMILES string of the molecule is CCCCCCCCCCC#CC1(Br)C=CC=CC1. The lowest BCUT2D eigenvalue weighted by Gasteiger charge is -2.16. The van der Waals surface area contributed by atoms with Gasteiger partial charge in [0, 0.05) is 6.42 Å². The third-order valence-corrected chi connectivity index (χ3v) is 4.26. The van der Waals surface area contributed by atoms with Crippen molar-refractivity contribution in [3.05, 3.63) is 24.3 Å². The first-order chi connectivity index (χ1) is 9.27. The van der Waals surface area contributed by atoms with Gasteiger partial charge in [-0.2, -0.15) is 0 Å². The Hall–Kier alpha value is -0.480. The summed E-state index contributed by atoms with van der Waals surface area (Å²) in [5.41, 5.74) is 0. The molecule has 1 heteroatoms. The van der Waals surface area contributed by atoms with Crippen LogP contribution in [0.25, 0.3) is 0 Å². The van der Waals surface area contributed by atoms with Gasteiger partial charge >= 0.3 is 0 Å². The Morgan fingerprint density at radius 2 is 1.68 bits per heavy atom. The van der Waals surface area contributed by atoms with E-state index in [0.29, 0.717) is 0 Å². The fourth-order valence-corrected chi connectivity index (χ4v) is 2.72. The molecule has 0 aromatic carbocycles. The molecule has 1 rings (SSSR count). The standard InChI is InChI=1S/C18H27Br/c1-2-3-4-5-6-7-8-9-10-12-15-18(19)16-13-11-14-17-18/h11,13-14,16H,2-10,17H2,1H3. The molecule has 106 valence electrons. The first kappa shape index (κ1) is 16.6. The van der Waals surface area contributed by atoms with E-state index in [-0.39, 0.29) is 4.32 Å². The number of halogens is 1. The lowest BCUT2D eigenvalue weighted by molar-refractivity contribution is 0.579. The molecular weight excluding hydrogens is 296 g/mol. The highest BCUT2D eigenvalue weighted by molar-refractivity contribution is 9.10. The normalized spacial score (nSPS) is 21.2. The molecule has 0 N–H and O–H groups in total. The van der Waals surface area contributed by atoms with Crippen LogP contribution in [0.3, 0.4) is 0 Å². The number of alkyl halides is 1. The van der Waals surface area contributed by atoms with Crippen LogP contribution in [0, 0.1) is 11.8 Å². The Bertz CT molecular complexity index is 342. The van der Waals surface area contributed by atoms with Crippen LogP contribution < -0.4 is 0 Å². The van der Waals surface area contributed by atoms with Gasteiger partial charge in [-0.3, -0.25) is 0 Å². The average molecular weight is 323 g/mol. The molecule has 0 aromatic heterocycles. The van der Waals surface area contributed by atoms with Crippen LogP contribution in [-0.2, 0) is 0 Å². The summed E-state index contributed by atoms with van der Waals surface area (Å²) in [4.78, 5) is 0. The Morgan fingerprint density at radius 3 is 2.32 bits per heavy atom. The van der Waals surface area contributed by atoms with Gasteiger partial charge in [0.1, 0.15) is 4.32 Å². The second-order valence-electron chi connectivity index (χ2n) is 5.38. The maximum absolute atomic E-state index is 3.70. The van der Waals surface area contributed by atoms with Gasteiger partial charge in [-0.15, -0.1) is 5.92 Å². The quantitative estimate of drug-likeness (QED) is 0.285. The van der Waals surface area contributed by atoms with Crippen LogP contribution in [0.5, 0.6) is 0 Å². The molecule has 1 aliphatic rings. The third-order valence-electron chi connectivity index (χ3n) is 3.47. The molecule has 0 nitrogen and oxygen atoms in total. The van der Waals surface area contributed by atoms with Gasteiger partial charge in [0.2, 0.25) is 0 Å². The smallest absolute Gasteiger partial charge is 0.101 e. The van der Waals surface area contributed by atoms with E-state index in [9.17, 15) is 0 Å². The topological polar surface area (TPSA) is 0 Å². The lowest BCUT2D eigenvalue weighted by Crippen LogP contribution is -2.14. The number of rotatable bonds is 8. The highest BCUT2D eigenvalue weighted by Gasteiger charge is 2.19. The van der Waals surface area contributed by atoms with Gasteiger partial charge in [0.15, 0.2) is 0 Å². The van der Waals surface area contributed by atoms with E-state index in [4.69, 9.17) is 0 Å². The summed E-state index contributed by atoms with van der Waals surface area (Å²) >= 11 is 3.70. The van der Waals surface area contributed by atoms with Gasteiger partial charge in [0.05, 0.1) is 0 Å². The molecule has 0 radical (unpaired) electrons. The third kappa shape index (κ3) is 8.32. The molecule has 0 saturated heterocycles. The second kappa shape index (κ2) is 10.3. The molecule has 0 heterocycles. The van der Waals surface area contributed by atoms with Crippen molar-refractivity contribution in [3.63, 3.8) is 0 Å². The molecule has 1 aliphatic carbocycles. The van der Waals surface area contributed by atoms with Crippen molar-refractivity contribution < 1.29 is 0 Å². The summed E-state index contributed by atoms with van der Waals surface area (Å²) < 4.78 is -0.0953. The van der Waals surface area contributed by atoms with Crippen molar-refractivity contribution >= 4 is 15.9 Å². The Kier molecular flexibility index (Phi) is 9.01. The molecule has 0 amide bonds. The summed E-state index contributed by atoms with van der Waals surface area (Å²) in [6, 6.07) is 0. The van der Waals surface area contributed by atoms with Gasteiger partial charge in [-0.1, -0.05) is 98.0 Å². The van der Waals surface area contributed by atoms with E-state index >= 15 is 0 Å². The minimum absolute atomic E-state index is 0.0953. The van der Waals surface area contributed by atoms with Crippen LogP contribution in [0.2, 0.25) is 0 Å². The van der Waals surface area contributed by atoms with E-state index in [0.717, 1.165) is 12.8 Å². The van der Waals surface area contributed by atoms with Crippen LogP contribution >= 0.6 is 15.9 Å². The molecule has 0 aromatic rings. The maximum Gasteiger partial charge on any atom is 0.108 e. The Balaban J connectivity index is 1.99. The van der Waals surface area contributed by atoms with E-state index in [1.54, 1.807) is 0 Å². The maximum atomic E-state index is 3.70. The zero-order valence-electron chi connectivity index (χ0n) is 12.3. The van der Waals surface area contributed by atoms with Gasteiger partial charge in [-0.25, -0.2) is 0 Å². The molecule has 19 heavy (non-hydrogen) atoms. The highest BCUT2D eigenvalue weighted by Crippen LogP contribution is 2.26. The fourth-order valence-electron chi connectivity index (χ4n) is 2.24. The van der Waals surface area contributed by atoms with Crippen molar-refractivity contribution in [1.82, 2.24) is 0 Å². The summed E-state index contributed by atoms with van der Waals surface area (Å²) in [6.45, 7) is 2.27. The summed E-state index contributed by atoms with van der Waals surface area (Å²) in [7, 11) is 0. The van der Waals surface area contributed by atoms with E-state index < -0.39 is 0 Å². The monoisotopic (exact) mass is 322 g/mol. The molecule has 0 saturated carbocycles. The van der Waals surface area contributed by atoms with Crippen molar-refractivity contribution in [2.45, 2.75) is 75.5 Å². The molecular formula is C18H27Br. The minimum atomic E-state index is -0.0953. The lowest BCUT2D eigenvalue weighted by atomic mass is 10.0. The number of unbranched alkanes of at least 4 members (excludes halogenated alkanes) is 8. The van der Waals surface area contributed by atoms with Crippen LogP contribution in [0.15, 0.2) is 24.3 Å². The van der Waals surface area contributed by atoms with Crippen LogP contribution in [0.1, 0.15) is 71.1 Å². The number of allylic oxidation sites excluding steroid dienone is 4. The number of hydrogen-bond donors (Lipinski definition) is 0. The van der Waals surface area contributed by atoms with Crippen molar-refractivity contribution in [3.8, 4) is 11.8 Å². The van der Waals surface area contributed by atoms with E-state index in [1.807, 2.05) is 0 Å². The van der Waals surface area contributed by atoms with Gasteiger partial charge in [-0.05, 0) is 12.8 Å². The Labute approximate surface area is 127 Å². The molecule has 1 unspecified atom stereocenters. The summed E-state index contributed by atoms with van der Waals surface area (Å²) in [5.74, 6) is 6.67. The number of hydrogen-bond acceptors (Lipinski definition) is 0.